The number of hydrogen-bond acceptors (Lipinski definition) is 3. The zero-order valence-electron chi connectivity index (χ0n) is 15.1. The van der Waals surface area contributed by atoms with E-state index in [2.05, 4.69) is 39.5 Å². The zero-order valence-corrected chi connectivity index (χ0v) is 15.8. The van der Waals surface area contributed by atoms with Crippen LogP contribution in [0.5, 0.6) is 0 Å². The molecule has 3 aromatic rings. The average Bonchev–Trinajstić information content (AvgIpc) is 2.71. The van der Waals surface area contributed by atoms with Crippen molar-refractivity contribution >= 4 is 28.9 Å². The first-order chi connectivity index (χ1) is 13.1. The van der Waals surface area contributed by atoms with E-state index in [9.17, 15) is 4.79 Å². The maximum absolute atomic E-state index is 12.5. The Morgan fingerprint density at radius 2 is 1.89 bits per heavy atom. The molecule has 0 unspecified atom stereocenters. The molecule has 27 heavy (non-hydrogen) atoms. The quantitative estimate of drug-likeness (QED) is 0.709. The molecule has 4 rings (SSSR count). The number of amides is 1. The number of hydrogen-bond donors (Lipinski definition) is 1. The minimum absolute atomic E-state index is 0.240. The normalized spacial score (nSPS) is 13.2. The highest BCUT2D eigenvalue weighted by molar-refractivity contribution is 6.31. The van der Waals surface area contributed by atoms with Crippen LogP contribution in [0.25, 0.3) is 0 Å². The number of aromatic nitrogens is 1. The SMILES string of the molecule is Cc1c(Cl)cccc1NC(=O)c1ccc(N2CCc3ccccc3C2)cn1. The molecule has 5 heteroatoms. The maximum Gasteiger partial charge on any atom is 0.274 e. The minimum atomic E-state index is -0.240. The summed E-state index contributed by atoms with van der Waals surface area (Å²) in [7, 11) is 0. The number of nitrogens with zero attached hydrogens (tertiary/aromatic N) is 2. The number of nitrogens with one attached hydrogen (secondary N) is 1. The van der Waals surface area contributed by atoms with Gasteiger partial charge in [-0.05, 0) is 54.3 Å². The van der Waals surface area contributed by atoms with E-state index in [-0.39, 0.29) is 5.91 Å². The summed E-state index contributed by atoms with van der Waals surface area (Å²) in [6, 6.07) is 17.7. The lowest BCUT2D eigenvalue weighted by Crippen LogP contribution is -2.30. The fourth-order valence-corrected chi connectivity index (χ4v) is 3.53. The first kappa shape index (κ1) is 17.6. The summed E-state index contributed by atoms with van der Waals surface area (Å²) in [6.07, 6.45) is 2.79. The summed E-state index contributed by atoms with van der Waals surface area (Å²) in [4.78, 5) is 19.2. The van der Waals surface area contributed by atoms with Crippen molar-refractivity contribution in [1.82, 2.24) is 4.98 Å². The number of pyridine rings is 1. The van der Waals surface area contributed by atoms with E-state index < -0.39 is 0 Å². The number of carbonyl (C=O) groups is 1. The van der Waals surface area contributed by atoms with E-state index in [0.717, 1.165) is 30.8 Å². The van der Waals surface area contributed by atoms with Crippen LogP contribution in [-0.4, -0.2) is 17.4 Å². The smallest absolute Gasteiger partial charge is 0.274 e. The highest BCUT2D eigenvalue weighted by Gasteiger charge is 2.17. The molecule has 0 atom stereocenters. The molecule has 1 aliphatic heterocycles. The third-order valence-corrected chi connectivity index (χ3v) is 5.40. The van der Waals surface area contributed by atoms with Crippen molar-refractivity contribution in [1.29, 1.82) is 0 Å². The highest BCUT2D eigenvalue weighted by atomic mass is 35.5. The van der Waals surface area contributed by atoms with Gasteiger partial charge >= 0.3 is 0 Å². The van der Waals surface area contributed by atoms with Crippen LogP contribution in [0.4, 0.5) is 11.4 Å². The van der Waals surface area contributed by atoms with Crippen molar-refractivity contribution in [2.24, 2.45) is 0 Å². The van der Waals surface area contributed by atoms with Crippen LogP contribution >= 0.6 is 11.6 Å². The Hall–Kier alpha value is -2.85. The van der Waals surface area contributed by atoms with Crippen molar-refractivity contribution < 1.29 is 4.79 Å². The van der Waals surface area contributed by atoms with Gasteiger partial charge in [0.25, 0.3) is 5.91 Å². The van der Waals surface area contributed by atoms with Gasteiger partial charge in [0.1, 0.15) is 5.69 Å². The van der Waals surface area contributed by atoms with E-state index in [1.165, 1.54) is 11.1 Å². The predicted molar refractivity (Wildman–Crippen MR) is 110 cm³/mol. The predicted octanol–water partition coefficient (Wildman–Crippen LogP) is 4.86. The van der Waals surface area contributed by atoms with Crippen LogP contribution < -0.4 is 10.2 Å². The van der Waals surface area contributed by atoms with E-state index >= 15 is 0 Å². The molecule has 2 heterocycles. The first-order valence-electron chi connectivity index (χ1n) is 8.96. The van der Waals surface area contributed by atoms with Gasteiger partial charge in [0.15, 0.2) is 0 Å². The topological polar surface area (TPSA) is 45.2 Å². The van der Waals surface area contributed by atoms with Crippen LogP contribution in [0.15, 0.2) is 60.8 Å². The van der Waals surface area contributed by atoms with Gasteiger partial charge in [-0.1, -0.05) is 41.9 Å². The van der Waals surface area contributed by atoms with Crippen LogP contribution in [0.3, 0.4) is 0 Å². The Morgan fingerprint density at radius 1 is 1.07 bits per heavy atom. The molecule has 1 amide bonds. The van der Waals surface area contributed by atoms with Crippen molar-refractivity contribution in [3.8, 4) is 0 Å². The molecule has 1 N–H and O–H groups in total. The van der Waals surface area contributed by atoms with E-state index in [1.54, 1.807) is 18.3 Å². The van der Waals surface area contributed by atoms with Gasteiger partial charge in [0.05, 0.1) is 11.9 Å². The fourth-order valence-electron chi connectivity index (χ4n) is 3.35. The number of rotatable bonds is 3. The van der Waals surface area contributed by atoms with Crippen molar-refractivity contribution in [2.75, 3.05) is 16.8 Å². The third kappa shape index (κ3) is 3.67. The summed E-state index contributed by atoms with van der Waals surface area (Å²) in [5.41, 5.74) is 5.72. The molecule has 0 saturated carbocycles. The van der Waals surface area contributed by atoms with E-state index in [4.69, 9.17) is 11.6 Å². The molecule has 0 fully saturated rings. The summed E-state index contributed by atoms with van der Waals surface area (Å²) < 4.78 is 0. The highest BCUT2D eigenvalue weighted by Crippen LogP contribution is 2.25. The fraction of sp³-hybridized carbons (Fsp3) is 0.182. The molecule has 0 bridgehead atoms. The number of halogens is 1. The lowest BCUT2D eigenvalue weighted by Gasteiger charge is -2.30. The summed E-state index contributed by atoms with van der Waals surface area (Å²) in [6.45, 7) is 3.69. The number of fused-ring (bicyclic) bond motifs is 1. The van der Waals surface area contributed by atoms with E-state index in [1.807, 2.05) is 25.1 Å². The molecule has 4 nitrogen and oxygen atoms in total. The molecule has 0 spiro atoms. The monoisotopic (exact) mass is 377 g/mol. The Morgan fingerprint density at radius 3 is 2.67 bits per heavy atom. The average molecular weight is 378 g/mol. The third-order valence-electron chi connectivity index (χ3n) is 4.99. The summed E-state index contributed by atoms with van der Waals surface area (Å²) >= 11 is 6.11. The Kier molecular flexibility index (Phi) is 4.82. The first-order valence-corrected chi connectivity index (χ1v) is 9.34. The standard InChI is InChI=1S/C22H20ClN3O/c1-15-19(23)7-4-8-20(15)25-22(27)21-10-9-18(13-24-21)26-12-11-16-5-2-3-6-17(16)14-26/h2-10,13H,11-12,14H2,1H3,(H,25,27). The molecule has 0 aliphatic carbocycles. The van der Waals surface area contributed by atoms with Gasteiger partial charge in [-0.15, -0.1) is 0 Å². The molecule has 0 saturated heterocycles. The largest absolute Gasteiger partial charge is 0.366 e. The van der Waals surface area contributed by atoms with Crippen molar-refractivity contribution in [3.63, 3.8) is 0 Å². The molecule has 136 valence electrons. The van der Waals surface area contributed by atoms with E-state index in [0.29, 0.717) is 16.4 Å². The Bertz CT molecular complexity index is 985. The van der Waals surface area contributed by atoms with Crippen molar-refractivity contribution in [2.45, 2.75) is 19.9 Å². The molecular formula is C22H20ClN3O. The van der Waals surface area contributed by atoms with Gasteiger partial charge < -0.3 is 10.2 Å². The van der Waals surface area contributed by atoms with Crippen LogP contribution in [0.2, 0.25) is 5.02 Å². The molecular weight excluding hydrogens is 358 g/mol. The molecule has 1 aliphatic rings. The zero-order chi connectivity index (χ0) is 18.8. The van der Waals surface area contributed by atoms with Crippen LogP contribution in [0, 0.1) is 6.92 Å². The Balaban J connectivity index is 1.48. The van der Waals surface area contributed by atoms with Crippen molar-refractivity contribution in [3.05, 3.63) is 88.2 Å². The summed E-state index contributed by atoms with van der Waals surface area (Å²) in [5, 5.41) is 3.51. The number of anilines is 2. The van der Waals surface area contributed by atoms with Gasteiger partial charge in [0.2, 0.25) is 0 Å². The second-order valence-corrected chi connectivity index (χ2v) is 7.12. The molecule has 0 radical (unpaired) electrons. The van der Waals surface area contributed by atoms with Crippen LogP contribution in [0.1, 0.15) is 27.2 Å². The Labute approximate surface area is 163 Å². The second kappa shape index (κ2) is 7.41. The van der Waals surface area contributed by atoms with Gasteiger partial charge in [-0.2, -0.15) is 0 Å². The maximum atomic E-state index is 12.5. The van der Waals surface area contributed by atoms with Gasteiger partial charge in [-0.25, -0.2) is 4.98 Å². The van der Waals surface area contributed by atoms with Gasteiger partial charge in [0, 0.05) is 23.8 Å². The lowest BCUT2D eigenvalue weighted by molar-refractivity contribution is 0.102. The number of benzene rings is 2. The minimum Gasteiger partial charge on any atom is -0.366 e. The molecule has 2 aromatic carbocycles. The van der Waals surface area contributed by atoms with Crippen LogP contribution in [-0.2, 0) is 13.0 Å². The summed E-state index contributed by atoms with van der Waals surface area (Å²) in [5.74, 6) is -0.240. The molecule has 1 aromatic heterocycles. The number of carbonyl (C=O) groups excluding carboxylic acids is 1. The lowest BCUT2D eigenvalue weighted by atomic mass is 10.00. The van der Waals surface area contributed by atoms with Gasteiger partial charge in [-0.3, -0.25) is 4.79 Å². The second-order valence-electron chi connectivity index (χ2n) is 6.71.